The fraction of sp³-hybridized carbons (Fsp3) is 0.240. The maximum absolute atomic E-state index is 13.8. The molecule has 3 heterocycles. The quantitative estimate of drug-likeness (QED) is 0.350. The molecule has 4 aromatic rings. The average molecular weight is 445 g/mol. The van der Waals surface area contributed by atoms with Crippen LogP contribution in [0.25, 0.3) is 15.9 Å². The van der Waals surface area contributed by atoms with Gasteiger partial charge in [-0.05, 0) is 44.0 Å². The van der Waals surface area contributed by atoms with Gasteiger partial charge >= 0.3 is 0 Å². The van der Waals surface area contributed by atoms with Crippen LogP contribution in [-0.4, -0.2) is 20.9 Å². The lowest BCUT2D eigenvalue weighted by Crippen LogP contribution is -2.32. The number of thiophene rings is 1. The first kappa shape index (κ1) is 20.6. The average Bonchev–Trinajstić information content (AvgIpc) is 3.15. The van der Waals surface area contributed by atoms with E-state index in [1.807, 2.05) is 67.6 Å². The molecule has 0 radical (unpaired) electrons. The van der Waals surface area contributed by atoms with Crippen LogP contribution in [0.5, 0.6) is 0 Å². The second-order valence-corrected chi connectivity index (χ2v) is 9.58. The monoisotopic (exact) mass is 444 g/mol. The van der Waals surface area contributed by atoms with Gasteiger partial charge in [-0.3, -0.25) is 4.79 Å². The van der Waals surface area contributed by atoms with E-state index in [4.69, 9.17) is 9.72 Å². The minimum Gasteiger partial charge on any atom is -0.370 e. The summed E-state index contributed by atoms with van der Waals surface area (Å²) < 4.78 is 7.58. The number of rotatable bonds is 4. The number of fused-ring (bicyclic) bond motifs is 3. The Hall–Kier alpha value is -3.29. The highest BCUT2D eigenvalue weighted by atomic mass is 32.1. The second kappa shape index (κ2) is 8.00. The van der Waals surface area contributed by atoms with Crippen LogP contribution in [0.1, 0.15) is 36.8 Å². The van der Waals surface area contributed by atoms with Crippen LogP contribution in [0.15, 0.2) is 70.6 Å². The fourth-order valence-electron chi connectivity index (χ4n) is 3.96. The van der Waals surface area contributed by atoms with Gasteiger partial charge < -0.3 is 4.74 Å². The Bertz CT molecular complexity index is 1370. The fourth-order valence-corrected chi connectivity index (χ4v) is 5.06. The summed E-state index contributed by atoms with van der Waals surface area (Å²) in [5, 5.41) is 5.21. The normalized spacial score (nSPS) is 15.5. The lowest BCUT2D eigenvalue weighted by Gasteiger charge is -2.29. The van der Waals surface area contributed by atoms with Crippen molar-refractivity contribution >= 4 is 33.2 Å². The molecule has 0 unspecified atom stereocenters. The molecular formula is C25H24N4O2S. The van der Waals surface area contributed by atoms with E-state index in [0.717, 1.165) is 27.4 Å². The van der Waals surface area contributed by atoms with Gasteiger partial charge in [0, 0.05) is 11.3 Å². The molecule has 0 spiro atoms. The highest BCUT2D eigenvalue weighted by Crippen LogP contribution is 2.37. The van der Waals surface area contributed by atoms with E-state index in [-0.39, 0.29) is 11.2 Å². The van der Waals surface area contributed by atoms with Gasteiger partial charge in [-0.2, -0.15) is 5.10 Å². The lowest BCUT2D eigenvalue weighted by molar-refractivity contribution is -0.0379. The van der Waals surface area contributed by atoms with Crippen LogP contribution in [0, 0.1) is 0 Å². The molecule has 32 heavy (non-hydrogen) atoms. The maximum Gasteiger partial charge on any atom is 0.268 e. The summed E-state index contributed by atoms with van der Waals surface area (Å²) >= 11 is 1.53. The number of hydrogen-bond acceptors (Lipinski definition) is 6. The van der Waals surface area contributed by atoms with Crippen molar-refractivity contribution in [3.63, 3.8) is 0 Å². The zero-order valence-corrected chi connectivity index (χ0v) is 19.1. The third kappa shape index (κ3) is 3.74. The summed E-state index contributed by atoms with van der Waals surface area (Å²) in [4.78, 5) is 20.4. The number of anilines is 1. The summed E-state index contributed by atoms with van der Waals surface area (Å²) in [6.45, 7) is 6.54. The van der Waals surface area contributed by atoms with Gasteiger partial charge in [0.1, 0.15) is 4.83 Å². The van der Waals surface area contributed by atoms with Crippen molar-refractivity contribution in [2.45, 2.75) is 39.4 Å². The molecule has 0 saturated heterocycles. The topological polar surface area (TPSA) is 68.5 Å². The Labute approximate surface area is 190 Å². The number of hydrogen-bond donors (Lipinski definition) is 1. The molecule has 162 valence electrons. The van der Waals surface area contributed by atoms with E-state index in [9.17, 15) is 4.79 Å². The van der Waals surface area contributed by atoms with Crippen LogP contribution in [0.2, 0.25) is 0 Å². The third-order valence-corrected chi connectivity index (χ3v) is 6.73. The molecule has 0 saturated carbocycles. The molecule has 0 aliphatic carbocycles. The third-order valence-electron chi connectivity index (χ3n) is 5.63. The number of aromatic nitrogens is 2. The van der Waals surface area contributed by atoms with Crippen molar-refractivity contribution in [2.75, 3.05) is 5.43 Å². The maximum atomic E-state index is 13.8. The molecule has 6 nitrogen and oxygen atoms in total. The summed E-state index contributed by atoms with van der Waals surface area (Å²) in [5.41, 5.74) is 6.26. The first-order valence-electron chi connectivity index (χ1n) is 10.6. The molecule has 0 fully saturated rings. The van der Waals surface area contributed by atoms with E-state index in [1.165, 1.54) is 11.3 Å². The summed E-state index contributed by atoms with van der Waals surface area (Å²) in [7, 11) is 0. The van der Waals surface area contributed by atoms with Crippen LogP contribution in [-0.2, 0) is 17.8 Å². The lowest BCUT2D eigenvalue weighted by atomic mass is 9.94. The molecule has 2 aromatic carbocycles. The van der Waals surface area contributed by atoms with E-state index < -0.39 is 0 Å². The van der Waals surface area contributed by atoms with Crippen molar-refractivity contribution in [3.8, 4) is 5.69 Å². The second-order valence-electron chi connectivity index (χ2n) is 8.50. The molecule has 2 aromatic heterocycles. The van der Waals surface area contributed by atoms with Gasteiger partial charge in [-0.15, -0.1) is 11.3 Å². The summed E-state index contributed by atoms with van der Waals surface area (Å²) in [6.07, 6.45) is 0.687. The molecule has 1 aliphatic heterocycles. The number of nitrogens with zero attached hydrogens (tertiary/aromatic N) is 3. The number of hydrazone groups is 1. The molecule has 0 bridgehead atoms. The Morgan fingerprint density at radius 3 is 2.53 bits per heavy atom. The SMILES string of the molecule is C/C(=N\Nc1nc2sc3c(c2c(=O)n1-c1ccccc1)CC(C)(C)OC3)c1ccccc1. The molecule has 1 N–H and O–H groups in total. The van der Waals surface area contributed by atoms with Gasteiger partial charge in [0.2, 0.25) is 5.95 Å². The van der Waals surface area contributed by atoms with E-state index >= 15 is 0 Å². The van der Waals surface area contributed by atoms with Crippen LogP contribution in [0.3, 0.4) is 0 Å². The Morgan fingerprint density at radius 1 is 1.12 bits per heavy atom. The number of para-hydroxylation sites is 1. The van der Waals surface area contributed by atoms with Gasteiger partial charge in [0.15, 0.2) is 0 Å². The standard InChI is InChI=1S/C25H24N4O2S/c1-16(17-10-6-4-7-11-17)27-28-24-26-22-21(19-14-25(2,3)31-15-20(19)32-22)23(30)29(24)18-12-8-5-9-13-18/h4-13H,14-15H2,1-3H3,(H,26,28)/b27-16+. The number of nitrogens with one attached hydrogen (secondary N) is 1. The van der Waals surface area contributed by atoms with E-state index in [1.54, 1.807) is 4.57 Å². The Balaban J connectivity index is 1.68. The summed E-state index contributed by atoms with van der Waals surface area (Å²) in [6, 6.07) is 19.5. The predicted octanol–water partition coefficient (Wildman–Crippen LogP) is 5.13. The van der Waals surface area contributed by atoms with Crippen LogP contribution < -0.4 is 11.0 Å². The highest BCUT2D eigenvalue weighted by Gasteiger charge is 2.31. The Morgan fingerprint density at radius 2 is 1.81 bits per heavy atom. The van der Waals surface area contributed by atoms with Crippen molar-refractivity contribution in [3.05, 3.63) is 87.0 Å². The molecule has 7 heteroatoms. The first-order chi connectivity index (χ1) is 15.4. The van der Waals surface area contributed by atoms with Gasteiger partial charge in [0.25, 0.3) is 5.56 Å². The van der Waals surface area contributed by atoms with E-state index in [0.29, 0.717) is 29.2 Å². The first-order valence-corrected chi connectivity index (χ1v) is 11.4. The number of benzene rings is 2. The smallest absolute Gasteiger partial charge is 0.268 e. The molecule has 5 rings (SSSR count). The predicted molar refractivity (Wildman–Crippen MR) is 130 cm³/mol. The number of ether oxygens (including phenoxy) is 1. The molecule has 1 aliphatic rings. The van der Waals surface area contributed by atoms with E-state index in [2.05, 4.69) is 24.4 Å². The molecular weight excluding hydrogens is 420 g/mol. The van der Waals surface area contributed by atoms with Crippen LogP contribution in [0.4, 0.5) is 5.95 Å². The van der Waals surface area contributed by atoms with Crippen LogP contribution >= 0.6 is 11.3 Å². The van der Waals surface area contributed by atoms with Crippen molar-refractivity contribution < 1.29 is 4.74 Å². The highest BCUT2D eigenvalue weighted by molar-refractivity contribution is 7.18. The largest absolute Gasteiger partial charge is 0.370 e. The van der Waals surface area contributed by atoms with Crippen molar-refractivity contribution in [2.24, 2.45) is 5.10 Å². The molecule has 0 amide bonds. The Kier molecular flexibility index (Phi) is 5.15. The minimum absolute atomic E-state index is 0.0912. The zero-order chi connectivity index (χ0) is 22.3. The summed E-state index contributed by atoms with van der Waals surface area (Å²) in [5.74, 6) is 0.391. The minimum atomic E-state index is -0.307. The van der Waals surface area contributed by atoms with Gasteiger partial charge in [-0.25, -0.2) is 15.0 Å². The van der Waals surface area contributed by atoms with Gasteiger partial charge in [0.05, 0.1) is 29.0 Å². The van der Waals surface area contributed by atoms with Crippen molar-refractivity contribution in [1.82, 2.24) is 9.55 Å². The van der Waals surface area contributed by atoms with Crippen molar-refractivity contribution in [1.29, 1.82) is 0 Å². The van der Waals surface area contributed by atoms with Gasteiger partial charge in [-0.1, -0.05) is 48.5 Å². The molecule has 0 atom stereocenters. The zero-order valence-electron chi connectivity index (χ0n) is 18.3.